The number of rotatable bonds is 7. The van der Waals surface area contributed by atoms with E-state index in [0.717, 1.165) is 5.57 Å². The van der Waals surface area contributed by atoms with Gasteiger partial charge in [-0.1, -0.05) is 23.5 Å². The molecule has 0 saturated carbocycles. The van der Waals surface area contributed by atoms with Crippen LogP contribution in [0.5, 0.6) is 0 Å². The minimum atomic E-state index is -1.65. The van der Waals surface area contributed by atoms with Crippen molar-refractivity contribution in [2.75, 3.05) is 20.8 Å². The number of ether oxygens (including phenoxy) is 3. The molecule has 140 valence electrons. The van der Waals surface area contributed by atoms with Gasteiger partial charge in [-0.05, 0) is 39.5 Å². The quantitative estimate of drug-likeness (QED) is 0.303. The molecule has 0 atom stereocenters. The normalized spacial score (nSPS) is 10.2. The van der Waals surface area contributed by atoms with Gasteiger partial charge in [0.2, 0.25) is 0 Å². The number of carbonyl (C=O) groups is 2. The van der Waals surface area contributed by atoms with Crippen LogP contribution >= 0.6 is 0 Å². The topological polar surface area (TPSA) is 61.8 Å². The van der Waals surface area contributed by atoms with E-state index in [-0.39, 0.29) is 12.8 Å². The van der Waals surface area contributed by atoms with E-state index in [1.807, 2.05) is 33.8 Å². The SMILES string of the molecule is C#CCC(CC#CC#CC(C)(C)OCC=C(C)C)(C(=O)OC)C(=O)OC. The Hall–Kier alpha value is -2.68. The lowest BCUT2D eigenvalue weighted by Crippen LogP contribution is -2.40. The van der Waals surface area contributed by atoms with E-state index in [0.29, 0.717) is 6.61 Å². The standard InChI is InChI=1S/C21H26O5/c1-8-13-21(18(22)24-6,19(23)25-7)15-11-9-10-14-20(4,5)26-16-12-17(2)3/h1,12H,13,15-16H2,2-7H3. The molecule has 0 bridgehead atoms. The van der Waals surface area contributed by atoms with E-state index in [4.69, 9.17) is 20.6 Å². The Bertz CT molecular complexity index is 679. The summed E-state index contributed by atoms with van der Waals surface area (Å²) in [4.78, 5) is 24.1. The van der Waals surface area contributed by atoms with Crippen LogP contribution in [-0.4, -0.2) is 38.4 Å². The fourth-order valence-corrected chi connectivity index (χ4v) is 1.87. The van der Waals surface area contributed by atoms with E-state index in [1.165, 1.54) is 14.2 Å². The second-order valence-electron chi connectivity index (χ2n) is 6.28. The van der Waals surface area contributed by atoms with Crippen LogP contribution in [0.2, 0.25) is 0 Å². The smallest absolute Gasteiger partial charge is 0.325 e. The zero-order valence-corrected chi connectivity index (χ0v) is 16.3. The van der Waals surface area contributed by atoms with Gasteiger partial charge in [0.05, 0.1) is 20.8 Å². The molecule has 5 nitrogen and oxygen atoms in total. The van der Waals surface area contributed by atoms with Crippen LogP contribution in [0.15, 0.2) is 11.6 Å². The highest BCUT2D eigenvalue weighted by atomic mass is 16.5. The summed E-state index contributed by atoms with van der Waals surface area (Å²) >= 11 is 0. The van der Waals surface area contributed by atoms with Crippen LogP contribution in [-0.2, 0) is 23.8 Å². The molecule has 0 N–H and O–H groups in total. The Morgan fingerprint density at radius 2 is 1.62 bits per heavy atom. The van der Waals surface area contributed by atoms with Crippen molar-refractivity contribution in [1.29, 1.82) is 0 Å². The summed E-state index contributed by atoms with van der Waals surface area (Å²) in [6.07, 6.45) is 6.92. The molecule has 0 amide bonds. The summed E-state index contributed by atoms with van der Waals surface area (Å²) in [5.74, 6) is 11.6. The van der Waals surface area contributed by atoms with Crippen molar-refractivity contribution in [2.45, 2.75) is 46.1 Å². The molecule has 0 fully saturated rings. The summed E-state index contributed by atoms with van der Waals surface area (Å²) in [6, 6.07) is 0. The molecule has 0 aromatic heterocycles. The lowest BCUT2D eigenvalue weighted by atomic mass is 9.81. The fourth-order valence-electron chi connectivity index (χ4n) is 1.87. The highest BCUT2D eigenvalue weighted by molar-refractivity contribution is 6.00. The average molecular weight is 358 g/mol. The van der Waals surface area contributed by atoms with Crippen molar-refractivity contribution in [1.82, 2.24) is 0 Å². The highest BCUT2D eigenvalue weighted by Gasteiger charge is 2.47. The molecule has 0 rings (SSSR count). The molecular weight excluding hydrogens is 332 g/mol. The Morgan fingerprint density at radius 1 is 1.04 bits per heavy atom. The zero-order chi connectivity index (χ0) is 20.2. The first-order valence-corrected chi connectivity index (χ1v) is 8.03. The number of esters is 2. The number of allylic oxidation sites excluding steroid dienone is 1. The summed E-state index contributed by atoms with van der Waals surface area (Å²) in [7, 11) is 2.35. The van der Waals surface area contributed by atoms with Gasteiger partial charge in [0.15, 0.2) is 5.41 Å². The number of hydrogen-bond acceptors (Lipinski definition) is 5. The predicted octanol–water partition coefficient (Wildman–Crippen LogP) is 2.50. The maximum Gasteiger partial charge on any atom is 0.325 e. The van der Waals surface area contributed by atoms with Gasteiger partial charge in [-0.15, -0.1) is 12.3 Å². The summed E-state index contributed by atoms with van der Waals surface area (Å²) < 4.78 is 15.0. The lowest BCUT2D eigenvalue weighted by molar-refractivity contribution is -0.168. The Balaban J connectivity index is 5.26. The Morgan fingerprint density at radius 3 is 2.08 bits per heavy atom. The minimum Gasteiger partial charge on any atom is -0.468 e. The molecule has 5 heteroatoms. The van der Waals surface area contributed by atoms with Gasteiger partial charge in [-0.25, -0.2) is 0 Å². The summed E-state index contributed by atoms with van der Waals surface area (Å²) in [6.45, 7) is 8.07. The molecule has 26 heavy (non-hydrogen) atoms. The highest BCUT2D eigenvalue weighted by Crippen LogP contribution is 2.29. The summed E-state index contributed by atoms with van der Waals surface area (Å²) in [5, 5.41) is 0. The Kier molecular flexibility index (Phi) is 9.90. The molecule has 0 aromatic carbocycles. The molecule has 0 aromatic rings. The molecule has 0 heterocycles. The van der Waals surface area contributed by atoms with Crippen LogP contribution in [0.3, 0.4) is 0 Å². The molecular formula is C21H26O5. The van der Waals surface area contributed by atoms with Gasteiger partial charge < -0.3 is 14.2 Å². The molecule has 0 aliphatic carbocycles. The van der Waals surface area contributed by atoms with Crippen molar-refractivity contribution < 1.29 is 23.8 Å². The van der Waals surface area contributed by atoms with Crippen LogP contribution in [0.1, 0.15) is 40.5 Å². The van der Waals surface area contributed by atoms with Crippen molar-refractivity contribution in [3.8, 4) is 36.0 Å². The molecule has 0 radical (unpaired) electrons. The summed E-state index contributed by atoms with van der Waals surface area (Å²) in [5.41, 5.74) is -1.17. The third-order valence-electron chi connectivity index (χ3n) is 3.40. The average Bonchev–Trinajstić information content (AvgIpc) is 2.58. The maximum atomic E-state index is 12.1. The van der Waals surface area contributed by atoms with E-state index in [1.54, 1.807) is 0 Å². The minimum absolute atomic E-state index is 0.149. The van der Waals surface area contributed by atoms with Crippen molar-refractivity contribution in [2.24, 2.45) is 5.41 Å². The first-order chi connectivity index (χ1) is 12.1. The van der Waals surface area contributed by atoms with Crippen molar-refractivity contribution >= 4 is 11.9 Å². The number of methoxy groups -OCH3 is 2. The van der Waals surface area contributed by atoms with Crippen LogP contribution < -0.4 is 0 Å². The predicted molar refractivity (Wildman–Crippen MR) is 99.5 cm³/mol. The molecule has 0 saturated heterocycles. The molecule has 0 spiro atoms. The largest absolute Gasteiger partial charge is 0.468 e. The monoisotopic (exact) mass is 358 g/mol. The third kappa shape index (κ3) is 7.47. The van der Waals surface area contributed by atoms with Gasteiger partial charge in [0.1, 0.15) is 5.60 Å². The van der Waals surface area contributed by atoms with Gasteiger partial charge in [0.25, 0.3) is 0 Å². The number of hydrogen-bond donors (Lipinski definition) is 0. The molecule has 0 unspecified atom stereocenters. The zero-order valence-electron chi connectivity index (χ0n) is 16.3. The second-order valence-corrected chi connectivity index (χ2v) is 6.28. The first-order valence-electron chi connectivity index (χ1n) is 8.03. The number of carbonyl (C=O) groups excluding carboxylic acids is 2. The lowest BCUT2D eigenvalue weighted by Gasteiger charge is -2.23. The van der Waals surface area contributed by atoms with E-state index in [9.17, 15) is 9.59 Å². The molecule has 0 aliphatic heterocycles. The number of terminal acetylenes is 1. The van der Waals surface area contributed by atoms with Crippen LogP contribution in [0.4, 0.5) is 0 Å². The van der Waals surface area contributed by atoms with Crippen molar-refractivity contribution in [3.05, 3.63) is 11.6 Å². The van der Waals surface area contributed by atoms with Crippen LogP contribution in [0, 0.1) is 41.4 Å². The van der Waals surface area contributed by atoms with Crippen molar-refractivity contribution in [3.63, 3.8) is 0 Å². The van der Waals surface area contributed by atoms with Gasteiger partial charge in [-0.3, -0.25) is 9.59 Å². The van der Waals surface area contributed by atoms with E-state index < -0.39 is 23.0 Å². The fraction of sp³-hybridized carbons (Fsp3) is 0.524. The second kappa shape index (κ2) is 11.0. The molecule has 0 aliphatic rings. The van der Waals surface area contributed by atoms with Gasteiger partial charge in [0, 0.05) is 12.8 Å². The third-order valence-corrected chi connectivity index (χ3v) is 3.40. The maximum absolute atomic E-state index is 12.1. The van der Waals surface area contributed by atoms with Gasteiger partial charge >= 0.3 is 11.9 Å². The van der Waals surface area contributed by atoms with Crippen LogP contribution in [0.25, 0.3) is 0 Å². The van der Waals surface area contributed by atoms with E-state index >= 15 is 0 Å². The van der Waals surface area contributed by atoms with E-state index in [2.05, 4.69) is 29.6 Å². The Labute approximate surface area is 156 Å². The first kappa shape index (κ1) is 23.3. The van der Waals surface area contributed by atoms with Gasteiger partial charge in [-0.2, -0.15) is 0 Å².